The molecule has 2 rings (SSSR count). The van der Waals surface area contributed by atoms with Gasteiger partial charge < -0.3 is 4.90 Å². The molecule has 2 heterocycles. The Labute approximate surface area is 116 Å². The van der Waals surface area contributed by atoms with Crippen molar-refractivity contribution in [2.24, 2.45) is 0 Å². The predicted octanol–water partition coefficient (Wildman–Crippen LogP) is 3.35. The molecule has 0 aromatic carbocycles. The minimum absolute atomic E-state index is 0.284. The molecule has 4 nitrogen and oxygen atoms in total. The van der Waals surface area contributed by atoms with Crippen LogP contribution in [0.25, 0.3) is 0 Å². The van der Waals surface area contributed by atoms with Gasteiger partial charge in [-0.05, 0) is 5.92 Å². The zero-order valence-corrected chi connectivity index (χ0v) is 12.2. The first-order valence-electron chi connectivity index (χ1n) is 5.68. The van der Waals surface area contributed by atoms with E-state index >= 15 is 0 Å². The van der Waals surface area contributed by atoms with Gasteiger partial charge in [0.05, 0.1) is 17.7 Å². The molecule has 96 valence electrons. The van der Waals surface area contributed by atoms with Crippen LogP contribution in [-0.2, 0) is 6.54 Å². The van der Waals surface area contributed by atoms with Gasteiger partial charge in [0.15, 0.2) is 0 Å². The van der Waals surface area contributed by atoms with E-state index in [0.717, 1.165) is 23.6 Å². The Hall–Kier alpha value is -1.20. The molecule has 2 aromatic rings. The van der Waals surface area contributed by atoms with Gasteiger partial charge in [-0.1, -0.05) is 25.4 Å². The summed E-state index contributed by atoms with van der Waals surface area (Å²) in [5.41, 5.74) is 3.85. The number of nitrogens with zero attached hydrogens (tertiary/aromatic N) is 4. The van der Waals surface area contributed by atoms with Crippen molar-refractivity contribution in [1.82, 2.24) is 15.0 Å². The Balaban J connectivity index is 2.29. The van der Waals surface area contributed by atoms with Gasteiger partial charge in [-0.3, -0.25) is 0 Å². The van der Waals surface area contributed by atoms with Crippen molar-refractivity contribution < 1.29 is 0 Å². The number of hydrogen-bond donors (Lipinski definition) is 0. The molecule has 0 radical (unpaired) electrons. The average Bonchev–Trinajstić information content (AvgIpc) is 2.80. The second-order valence-electron chi connectivity index (χ2n) is 4.39. The van der Waals surface area contributed by atoms with Crippen molar-refractivity contribution in [2.45, 2.75) is 26.3 Å². The smallest absolute Gasteiger partial charge is 0.138 e. The molecule has 0 saturated heterocycles. The molecule has 18 heavy (non-hydrogen) atoms. The van der Waals surface area contributed by atoms with Crippen molar-refractivity contribution in [3.05, 3.63) is 33.6 Å². The summed E-state index contributed by atoms with van der Waals surface area (Å²) in [5, 5.41) is 2.56. The first-order chi connectivity index (χ1) is 8.59. The molecule has 0 bridgehead atoms. The number of halogens is 1. The maximum Gasteiger partial charge on any atom is 0.138 e. The van der Waals surface area contributed by atoms with Crippen molar-refractivity contribution >= 4 is 28.8 Å². The highest BCUT2D eigenvalue weighted by molar-refractivity contribution is 7.07. The summed E-state index contributed by atoms with van der Waals surface area (Å²) >= 11 is 7.75. The zero-order chi connectivity index (χ0) is 13.1. The predicted molar refractivity (Wildman–Crippen MR) is 75.4 cm³/mol. The van der Waals surface area contributed by atoms with Crippen LogP contribution in [-0.4, -0.2) is 22.0 Å². The van der Waals surface area contributed by atoms with E-state index in [9.17, 15) is 0 Å². The van der Waals surface area contributed by atoms with Crippen LogP contribution in [0.15, 0.2) is 17.2 Å². The van der Waals surface area contributed by atoms with Crippen molar-refractivity contribution in [1.29, 1.82) is 0 Å². The molecule has 0 saturated carbocycles. The van der Waals surface area contributed by atoms with E-state index in [0.29, 0.717) is 5.15 Å². The van der Waals surface area contributed by atoms with Crippen LogP contribution >= 0.6 is 22.9 Å². The molecule has 0 fully saturated rings. The molecule has 0 spiro atoms. The molecule has 6 heteroatoms. The number of anilines is 1. The molecule has 0 unspecified atom stereocenters. The Morgan fingerprint density at radius 3 is 2.72 bits per heavy atom. The summed E-state index contributed by atoms with van der Waals surface area (Å²) in [7, 11) is 1.99. The number of aromatic nitrogens is 3. The summed E-state index contributed by atoms with van der Waals surface area (Å²) in [5.74, 6) is 1.16. The topological polar surface area (TPSA) is 41.9 Å². The van der Waals surface area contributed by atoms with Gasteiger partial charge >= 0.3 is 0 Å². The standard InChI is InChI=1S/C12H15ClN4S/c1-8(2)10-11(13)14-6-15-12(10)17(3)4-9-5-18-7-16-9/h5-8H,4H2,1-3H3. The number of rotatable bonds is 4. The lowest BCUT2D eigenvalue weighted by Crippen LogP contribution is -2.20. The SMILES string of the molecule is CC(C)c1c(Cl)ncnc1N(C)Cc1cscn1. The fourth-order valence-electron chi connectivity index (χ4n) is 1.80. The minimum atomic E-state index is 0.284. The van der Waals surface area contributed by atoms with E-state index in [-0.39, 0.29) is 5.92 Å². The van der Waals surface area contributed by atoms with Gasteiger partial charge in [-0.15, -0.1) is 11.3 Å². The van der Waals surface area contributed by atoms with Gasteiger partial charge in [0, 0.05) is 18.0 Å². The van der Waals surface area contributed by atoms with Crippen molar-refractivity contribution in [3.8, 4) is 0 Å². The van der Waals surface area contributed by atoms with Crippen LogP contribution in [0.5, 0.6) is 0 Å². The summed E-state index contributed by atoms with van der Waals surface area (Å²) in [6.07, 6.45) is 1.50. The largest absolute Gasteiger partial charge is 0.353 e. The van der Waals surface area contributed by atoms with Gasteiger partial charge in [-0.2, -0.15) is 0 Å². The molecule has 0 aliphatic rings. The highest BCUT2D eigenvalue weighted by Gasteiger charge is 2.17. The molecule has 0 atom stereocenters. The van der Waals surface area contributed by atoms with E-state index in [2.05, 4.69) is 33.7 Å². The Bertz CT molecular complexity index is 513. The number of thiazole rings is 1. The van der Waals surface area contributed by atoms with Gasteiger partial charge in [0.2, 0.25) is 0 Å². The lowest BCUT2D eigenvalue weighted by Gasteiger charge is -2.22. The molecular weight excluding hydrogens is 268 g/mol. The van der Waals surface area contributed by atoms with Gasteiger partial charge in [0.1, 0.15) is 17.3 Å². The highest BCUT2D eigenvalue weighted by Crippen LogP contribution is 2.30. The van der Waals surface area contributed by atoms with E-state index in [1.54, 1.807) is 11.3 Å². The van der Waals surface area contributed by atoms with Gasteiger partial charge in [-0.25, -0.2) is 15.0 Å². The van der Waals surface area contributed by atoms with E-state index in [4.69, 9.17) is 11.6 Å². The zero-order valence-electron chi connectivity index (χ0n) is 10.6. The third-order valence-electron chi connectivity index (χ3n) is 2.64. The quantitative estimate of drug-likeness (QED) is 0.807. The summed E-state index contributed by atoms with van der Waals surface area (Å²) in [6.45, 7) is 4.89. The fraction of sp³-hybridized carbons (Fsp3) is 0.417. The van der Waals surface area contributed by atoms with Crippen molar-refractivity contribution in [2.75, 3.05) is 11.9 Å². The first kappa shape index (κ1) is 13.2. The van der Waals surface area contributed by atoms with E-state index in [1.807, 2.05) is 17.9 Å². The Kier molecular flexibility index (Phi) is 4.14. The monoisotopic (exact) mass is 282 g/mol. The second kappa shape index (κ2) is 5.63. The van der Waals surface area contributed by atoms with Crippen LogP contribution in [0.2, 0.25) is 5.15 Å². The molecule has 0 amide bonds. The third kappa shape index (κ3) is 2.79. The average molecular weight is 283 g/mol. The van der Waals surface area contributed by atoms with Gasteiger partial charge in [0.25, 0.3) is 0 Å². The maximum atomic E-state index is 6.16. The minimum Gasteiger partial charge on any atom is -0.353 e. The molecule has 0 aliphatic heterocycles. The summed E-state index contributed by atoms with van der Waals surface area (Å²) in [6, 6.07) is 0. The Morgan fingerprint density at radius 2 is 2.11 bits per heavy atom. The molecule has 0 N–H and O–H groups in total. The van der Waals surface area contributed by atoms with Crippen LogP contribution in [0, 0.1) is 0 Å². The van der Waals surface area contributed by atoms with Crippen molar-refractivity contribution in [3.63, 3.8) is 0 Å². The lowest BCUT2D eigenvalue weighted by molar-refractivity contribution is 0.802. The first-order valence-corrected chi connectivity index (χ1v) is 7.00. The van der Waals surface area contributed by atoms with Crippen LogP contribution in [0.1, 0.15) is 31.0 Å². The summed E-state index contributed by atoms with van der Waals surface area (Å²) in [4.78, 5) is 14.7. The third-order valence-corrected chi connectivity index (χ3v) is 3.57. The van der Waals surface area contributed by atoms with Crippen LogP contribution < -0.4 is 4.90 Å². The lowest BCUT2D eigenvalue weighted by atomic mass is 10.1. The van der Waals surface area contributed by atoms with Crippen LogP contribution in [0.3, 0.4) is 0 Å². The van der Waals surface area contributed by atoms with Crippen LogP contribution in [0.4, 0.5) is 5.82 Å². The molecule has 2 aromatic heterocycles. The number of hydrogen-bond acceptors (Lipinski definition) is 5. The highest BCUT2D eigenvalue weighted by atomic mass is 35.5. The Morgan fingerprint density at radius 1 is 1.33 bits per heavy atom. The fourth-order valence-corrected chi connectivity index (χ4v) is 2.70. The molecule has 0 aliphatic carbocycles. The normalized spacial score (nSPS) is 10.9. The van der Waals surface area contributed by atoms with E-state index in [1.165, 1.54) is 6.33 Å². The summed E-state index contributed by atoms with van der Waals surface area (Å²) < 4.78 is 0. The second-order valence-corrected chi connectivity index (χ2v) is 5.47. The van der Waals surface area contributed by atoms with E-state index < -0.39 is 0 Å². The maximum absolute atomic E-state index is 6.16. The molecular formula is C12H15ClN4S.